The highest BCUT2D eigenvalue weighted by atomic mass is 79.9. The molecule has 0 saturated heterocycles. The van der Waals surface area contributed by atoms with Crippen LogP contribution in [0.15, 0.2) is 59.1 Å². The van der Waals surface area contributed by atoms with Crippen molar-refractivity contribution in [3.05, 3.63) is 86.9 Å². The van der Waals surface area contributed by atoms with Crippen molar-refractivity contribution >= 4 is 33.2 Å². The van der Waals surface area contributed by atoms with Crippen LogP contribution in [0.3, 0.4) is 0 Å². The van der Waals surface area contributed by atoms with Crippen molar-refractivity contribution in [3.8, 4) is 11.5 Å². The van der Waals surface area contributed by atoms with Gasteiger partial charge in [-0.3, -0.25) is 0 Å². The van der Waals surface area contributed by atoms with Crippen LogP contribution >= 0.6 is 27.5 Å². The standard InChI is InChI=1S/C21H17BrClF2NO2/c1-27-20-9-7-17(22)16(11-26-15-6-8-19(25)18(23)10-15)21(20)28-12-13-2-4-14(24)5-3-13/h2-10,26H,11-12H2,1H3. The maximum atomic E-state index is 13.3. The third kappa shape index (κ3) is 4.94. The van der Waals surface area contributed by atoms with Gasteiger partial charge in [0, 0.05) is 22.3 Å². The summed E-state index contributed by atoms with van der Waals surface area (Å²) in [6.45, 7) is 0.640. The zero-order chi connectivity index (χ0) is 20.1. The van der Waals surface area contributed by atoms with Crippen molar-refractivity contribution in [1.29, 1.82) is 0 Å². The Morgan fingerprint density at radius 2 is 1.79 bits per heavy atom. The molecule has 0 fully saturated rings. The van der Waals surface area contributed by atoms with E-state index in [1.807, 2.05) is 6.07 Å². The number of methoxy groups -OCH3 is 1. The fraction of sp³-hybridized carbons (Fsp3) is 0.143. The molecule has 0 heterocycles. The van der Waals surface area contributed by atoms with Gasteiger partial charge in [0.25, 0.3) is 0 Å². The summed E-state index contributed by atoms with van der Waals surface area (Å²) in [7, 11) is 1.56. The first-order valence-corrected chi connectivity index (χ1v) is 9.56. The Labute approximate surface area is 175 Å². The summed E-state index contributed by atoms with van der Waals surface area (Å²) < 4.78 is 38.7. The molecule has 3 aromatic rings. The molecule has 1 N–H and O–H groups in total. The molecule has 7 heteroatoms. The van der Waals surface area contributed by atoms with Gasteiger partial charge >= 0.3 is 0 Å². The molecule has 3 nitrogen and oxygen atoms in total. The van der Waals surface area contributed by atoms with E-state index in [1.54, 1.807) is 31.4 Å². The van der Waals surface area contributed by atoms with E-state index < -0.39 is 5.82 Å². The molecule has 0 aliphatic carbocycles. The Balaban J connectivity index is 1.82. The predicted octanol–water partition coefficient (Wildman–Crippen LogP) is 6.58. The van der Waals surface area contributed by atoms with Gasteiger partial charge in [-0.15, -0.1) is 0 Å². The first kappa shape index (κ1) is 20.4. The largest absolute Gasteiger partial charge is 0.493 e. The average Bonchev–Trinajstić information content (AvgIpc) is 2.69. The lowest BCUT2D eigenvalue weighted by atomic mass is 10.1. The van der Waals surface area contributed by atoms with E-state index in [-0.39, 0.29) is 17.4 Å². The number of hydrogen-bond donors (Lipinski definition) is 1. The maximum absolute atomic E-state index is 13.3. The predicted molar refractivity (Wildman–Crippen MR) is 110 cm³/mol. The van der Waals surface area contributed by atoms with E-state index in [2.05, 4.69) is 21.2 Å². The third-order valence-electron chi connectivity index (χ3n) is 4.07. The second-order valence-electron chi connectivity index (χ2n) is 5.95. The lowest BCUT2D eigenvalue weighted by molar-refractivity contribution is 0.281. The number of nitrogens with one attached hydrogen (secondary N) is 1. The molecule has 28 heavy (non-hydrogen) atoms. The number of halogens is 4. The SMILES string of the molecule is COc1ccc(Br)c(CNc2ccc(F)c(Cl)c2)c1OCc1ccc(F)cc1. The summed E-state index contributed by atoms with van der Waals surface area (Å²) in [5.41, 5.74) is 2.32. The Kier molecular flexibility index (Phi) is 6.75. The van der Waals surface area contributed by atoms with Crippen LogP contribution < -0.4 is 14.8 Å². The molecule has 146 valence electrons. The summed E-state index contributed by atoms with van der Waals surface area (Å²) in [5.74, 6) is 0.353. The number of hydrogen-bond acceptors (Lipinski definition) is 3. The van der Waals surface area contributed by atoms with Crippen molar-refractivity contribution in [3.63, 3.8) is 0 Å². The second kappa shape index (κ2) is 9.26. The van der Waals surface area contributed by atoms with Gasteiger partial charge in [0.2, 0.25) is 0 Å². The monoisotopic (exact) mass is 467 g/mol. The van der Waals surface area contributed by atoms with Crippen LogP contribution in [-0.2, 0) is 13.2 Å². The lowest BCUT2D eigenvalue weighted by Gasteiger charge is -2.18. The van der Waals surface area contributed by atoms with Gasteiger partial charge in [-0.1, -0.05) is 39.7 Å². The Hall–Kier alpha value is -2.31. The van der Waals surface area contributed by atoms with Gasteiger partial charge in [0.1, 0.15) is 18.2 Å². The first-order chi connectivity index (χ1) is 13.5. The number of benzene rings is 3. The van der Waals surface area contributed by atoms with Crippen molar-refractivity contribution < 1.29 is 18.3 Å². The van der Waals surface area contributed by atoms with Crippen molar-refractivity contribution in [2.45, 2.75) is 13.2 Å². The molecular formula is C21H17BrClF2NO2. The zero-order valence-electron chi connectivity index (χ0n) is 14.9. The van der Waals surface area contributed by atoms with Crippen LogP contribution in [-0.4, -0.2) is 7.11 Å². The second-order valence-corrected chi connectivity index (χ2v) is 7.22. The molecule has 0 unspecified atom stereocenters. The van der Waals surface area contributed by atoms with Crippen molar-refractivity contribution in [1.82, 2.24) is 0 Å². The van der Waals surface area contributed by atoms with Gasteiger partial charge in [-0.25, -0.2) is 8.78 Å². The summed E-state index contributed by atoms with van der Waals surface area (Å²) in [6, 6.07) is 14.2. The van der Waals surface area contributed by atoms with E-state index in [4.69, 9.17) is 21.1 Å². The smallest absolute Gasteiger partial charge is 0.167 e. The Morgan fingerprint density at radius 1 is 1.04 bits per heavy atom. The molecule has 0 bridgehead atoms. The maximum Gasteiger partial charge on any atom is 0.167 e. The van der Waals surface area contributed by atoms with Gasteiger partial charge < -0.3 is 14.8 Å². The zero-order valence-corrected chi connectivity index (χ0v) is 17.3. The fourth-order valence-electron chi connectivity index (χ4n) is 2.60. The van der Waals surface area contributed by atoms with E-state index in [1.165, 1.54) is 24.3 Å². The normalized spacial score (nSPS) is 10.6. The molecule has 3 aromatic carbocycles. The fourth-order valence-corrected chi connectivity index (χ4v) is 3.23. The van der Waals surface area contributed by atoms with Gasteiger partial charge in [-0.2, -0.15) is 0 Å². The molecule has 3 rings (SSSR count). The molecule has 0 saturated carbocycles. The highest BCUT2D eigenvalue weighted by molar-refractivity contribution is 9.10. The Morgan fingerprint density at radius 3 is 2.46 bits per heavy atom. The molecule has 0 amide bonds. The average molecular weight is 469 g/mol. The van der Waals surface area contributed by atoms with Gasteiger partial charge in [-0.05, 0) is 48.0 Å². The topological polar surface area (TPSA) is 30.5 Å². The highest BCUT2D eigenvalue weighted by Crippen LogP contribution is 2.37. The molecule has 0 radical (unpaired) electrons. The quantitative estimate of drug-likeness (QED) is 0.425. The summed E-state index contributed by atoms with van der Waals surface area (Å²) in [5, 5.41) is 3.24. The molecular weight excluding hydrogens is 452 g/mol. The highest BCUT2D eigenvalue weighted by Gasteiger charge is 2.15. The Bertz CT molecular complexity index is 967. The first-order valence-electron chi connectivity index (χ1n) is 8.39. The summed E-state index contributed by atoms with van der Waals surface area (Å²) >= 11 is 9.37. The number of rotatable bonds is 7. The summed E-state index contributed by atoms with van der Waals surface area (Å²) in [4.78, 5) is 0. The van der Waals surface area contributed by atoms with Crippen LogP contribution in [0.5, 0.6) is 11.5 Å². The van der Waals surface area contributed by atoms with Crippen LogP contribution in [0, 0.1) is 11.6 Å². The third-order valence-corrected chi connectivity index (χ3v) is 5.11. The minimum Gasteiger partial charge on any atom is -0.493 e. The van der Waals surface area contributed by atoms with Crippen LogP contribution in [0.2, 0.25) is 5.02 Å². The van der Waals surface area contributed by atoms with E-state index in [0.717, 1.165) is 15.6 Å². The van der Waals surface area contributed by atoms with Crippen molar-refractivity contribution in [2.24, 2.45) is 0 Å². The molecule has 0 aliphatic rings. The minimum atomic E-state index is -0.474. The molecule has 0 spiro atoms. The summed E-state index contributed by atoms with van der Waals surface area (Å²) in [6.07, 6.45) is 0. The molecule has 0 atom stereocenters. The van der Waals surface area contributed by atoms with Gasteiger partial charge in [0.15, 0.2) is 11.5 Å². The van der Waals surface area contributed by atoms with Crippen LogP contribution in [0.4, 0.5) is 14.5 Å². The van der Waals surface area contributed by atoms with E-state index in [9.17, 15) is 8.78 Å². The lowest BCUT2D eigenvalue weighted by Crippen LogP contribution is -2.06. The van der Waals surface area contributed by atoms with Crippen molar-refractivity contribution in [2.75, 3.05) is 12.4 Å². The van der Waals surface area contributed by atoms with E-state index >= 15 is 0 Å². The number of anilines is 1. The van der Waals surface area contributed by atoms with Crippen LogP contribution in [0.1, 0.15) is 11.1 Å². The van der Waals surface area contributed by atoms with E-state index in [0.29, 0.717) is 23.7 Å². The number of ether oxygens (including phenoxy) is 2. The molecule has 0 aliphatic heterocycles. The van der Waals surface area contributed by atoms with Crippen LogP contribution in [0.25, 0.3) is 0 Å². The minimum absolute atomic E-state index is 0.0440. The molecule has 0 aromatic heterocycles. The van der Waals surface area contributed by atoms with Gasteiger partial charge in [0.05, 0.1) is 12.1 Å².